The van der Waals surface area contributed by atoms with E-state index in [4.69, 9.17) is 5.26 Å². The molecule has 7 nitrogen and oxygen atoms in total. The van der Waals surface area contributed by atoms with E-state index >= 15 is 0 Å². The molecule has 2 atom stereocenters. The fourth-order valence-corrected chi connectivity index (χ4v) is 4.70. The van der Waals surface area contributed by atoms with Crippen molar-refractivity contribution in [2.24, 2.45) is 0 Å². The third kappa shape index (κ3) is 4.17. The summed E-state index contributed by atoms with van der Waals surface area (Å²) >= 11 is 0. The molecule has 3 rings (SSSR count). The van der Waals surface area contributed by atoms with Gasteiger partial charge in [0.25, 0.3) is 0 Å². The maximum absolute atomic E-state index is 12.8. The first-order chi connectivity index (χ1) is 12.6. The Balaban J connectivity index is 1.75. The molecule has 0 bridgehead atoms. The number of amides is 1. The van der Waals surface area contributed by atoms with Crippen molar-refractivity contribution in [2.45, 2.75) is 47.4 Å². The van der Waals surface area contributed by atoms with E-state index in [1.54, 1.807) is 0 Å². The Morgan fingerprint density at radius 3 is 2.59 bits per heavy atom. The number of sulfone groups is 1. The van der Waals surface area contributed by atoms with Crippen molar-refractivity contribution in [3.8, 4) is 11.8 Å². The molecule has 1 aliphatic heterocycles. The molecule has 2 fully saturated rings. The predicted molar refractivity (Wildman–Crippen MR) is 86.2 cm³/mol. The van der Waals surface area contributed by atoms with Gasteiger partial charge in [-0.2, -0.15) is 5.26 Å². The van der Waals surface area contributed by atoms with Gasteiger partial charge in [0.1, 0.15) is 16.2 Å². The number of carbonyl (C=O) groups is 1. The summed E-state index contributed by atoms with van der Waals surface area (Å²) in [5.74, 6) is -1.30. The fourth-order valence-electron chi connectivity index (χ4n) is 2.93. The lowest BCUT2D eigenvalue weighted by atomic mass is 10.2. The molecule has 27 heavy (non-hydrogen) atoms. The number of nitrogens with zero attached hydrogens (tertiary/aromatic N) is 1. The number of rotatable bonds is 5. The Kier molecular flexibility index (Phi) is 4.81. The molecule has 2 unspecified atom stereocenters. The molecule has 1 amide bonds. The van der Waals surface area contributed by atoms with Gasteiger partial charge >= 0.3 is 6.36 Å². The van der Waals surface area contributed by atoms with E-state index in [2.05, 4.69) is 15.4 Å². The van der Waals surface area contributed by atoms with E-state index in [-0.39, 0.29) is 13.0 Å². The van der Waals surface area contributed by atoms with E-state index < -0.39 is 49.6 Å². The summed E-state index contributed by atoms with van der Waals surface area (Å²) < 4.78 is 67.0. The van der Waals surface area contributed by atoms with Crippen LogP contribution in [0.15, 0.2) is 29.2 Å². The lowest BCUT2D eigenvalue weighted by molar-refractivity contribution is -0.275. The highest BCUT2D eigenvalue weighted by atomic mass is 32.2. The van der Waals surface area contributed by atoms with Gasteiger partial charge in [0, 0.05) is 6.54 Å². The second kappa shape index (κ2) is 6.69. The summed E-state index contributed by atoms with van der Waals surface area (Å²) in [5, 5.41) is 13.3. The van der Waals surface area contributed by atoms with Crippen LogP contribution in [0.2, 0.25) is 0 Å². The highest BCUT2D eigenvalue weighted by molar-refractivity contribution is 7.92. The summed E-state index contributed by atoms with van der Waals surface area (Å²) in [6.07, 6.45) is -4.08. The summed E-state index contributed by atoms with van der Waals surface area (Å²) in [6, 6.07) is 5.66. The fraction of sp³-hybridized carbons (Fsp3) is 0.500. The minimum Gasteiger partial charge on any atom is -0.404 e. The van der Waals surface area contributed by atoms with Gasteiger partial charge in [-0.1, -0.05) is 12.1 Å². The van der Waals surface area contributed by atoms with E-state index in [0.29, 0.717) is 12.8 Å². The summed E-state index contributed by atoms with van der Waals surface area (Å²) in [5.41, 5.74) is -0.886. The molecule has 1 heterocycles. The normalized spacial score (nSPS) is 24.1. The molecule has 1 aromatic carbocycles. The highest BCUT2D eigenvalue weighted by Gasteiger charge is 2.47. The molecule has 0 spiro atoms. The van der Waals surface area contributed by atoms with Crippen LogP contribution in [0.3, 0.4) is 0 Å². The van der Waals surface area contributed by atoms with Crippen LogP contribution in [0.25, 0.3) is 0 Å². The molecule has 1 aromatic rings. The molecule has 2 aliphatic rings. The number of nitriles is 1. The second-order valence-electron chi connectivity index (χ2n) is 6.54. The molecule has 1 saturated heterocycles. The molecule has 1 saturated carbocycles. The summed E-state index contributed by atoms with van der Waals surface area (Å²) in [4.78, 5) is 11.7. The number of alkyl halides is 3. The van der Waals surface area contributed by atoms with Crippen molar-refractivity contribution in [2.75, 3.05) is 6.54 Å². The molecule has 1 aliphatic carbocycles. The average molecular weight is 403 g/mol. The van der Waals surface area contributed by atoms with Crippen molar-refractivity contribution in [1.29, 1.82) is 5.26 Å². The van der Waals surface area contributed by atoms with Crippen molar-refractivity contribution in [3.63, 3.8) is 0 Å². The van der Waals surface area contributed by atoms with Crippen LogP contribution in [-0.4, -0.2) is 44.1 Å². The Hall–Kier alpha value is -2.32. The van der Waals surface area contributed by atoms with E-state index in [0.717, 1.165) is 12.1 Å². The van der Waals surface area contributed by atoms with Crippen LogP contribution in [-0.2, 0) is 14.6 Å². The Morgan fingerprint density at radius 2 is 2.00 bits per heavy atom. The molecular formula is C16H16F3N3O4S. The van der Waals surface area contributed by atoms with Crippen LogP contribution in [0.4, 0.5) is 13.2 Å². The number of ether oxygens (including phenoxy) is 1. The molecular weight excluding hydrogens is 387 g/mol. The summed E-state index contributed by atoms with van der Waals surface area (Å²) in [6.45, 7) is -0.0969. The lowest BCUT2D eigenvalue weighted by Crippen LogP contribution is -2.45. The topological polar surface area (TPSA) is 108 Å². The lowest BCUT2D eigenvalue weighted by Gasteiger charge is -2.16. The minimum atomic E-state index is -5.03. The quantitative estimate of drug-likeness (QED) is 0.766. The van der Waals surface area contributed by atoms with Gasteiger partial charge in [-0.05, 0) is 31.4 Å². The number of hydrogen-bond acceptors (Lipinski definition) is 6. The van der Waals surface area contributed by atoms with Crippen LogP contribution < -0.4 is 15.4 Å². The van der Waals surface area contributed by atoms with Crippen molar-refractivity contribution in [1.82, 2.24) is 10.6 Å². The predicted octanol–water partition coefficient (Wildman–Crippen LogP) is 1.26. The molecule has 0 aromatic heterocycles. The molecule has 11 heteroatoms. The van der Waals surface area contributed by atoms with Gasteiger partial charge in [-0.25, -0.2) is 8.42 Å². The first-order valence-corrected chi connectivity index (χ1v) is 9.66. The maximum Gasteiger partial charge on any atom is 0.573 e. The first-order valence-electron chi connectivity index (χ1n) is 8.12. The maximum atomic E-state index is 12.8. The number of benzene rings is 1. The van der Waals surface area contributed by atoms with Gasteiger partial charge in [0.2, 0.25) is 5.91 Å². The number of para-hydroxylation sites is 1. The molecule has 2 N–H and O–H groups in total. The zero-order chi connectivity index (χ0) is 19.9. The standard InChI is InChI=1S/C16H16F3N3O4S/c17-16(18,19)26-12-3-1-2-4-13(12)27(24,25)10-7-11(21-8-10)14(23)22-15(9-20)5-6-15/h1-4,10-11,21H,5-8H2,(H,22,23). The first kappa shape index (κ1) is 19.4. The van der Waals surface area contributed by atoms with Gasteiger partial charge < -0.3 is 15.4 Å². The zero-order valence-corrected chi connectivity index (χ0v) is 14.7. The second-order valence-corrected chi connectivity index (χ2v) is 8.74. The molecule has 0 radical (unpaired) electrons. The van der Waals surface area contributed by atoms with E-state index in [9.17, 15) is 26.4 Å². The largest absolute Gasteiger partial charge is 0.573 e. The van der Waals surface area contributed by atoms with Gasteiger partial charge in [0.15, 0.2) is 9.84 Å². The van der Waals surface area contributed by atoms with Gasteiger partial charge in [-0.15, -0.1) is 13.2 Å². The van der Waals surface area contributed by atoms with Crippen molar-refractivity contribution >= 4 is 15.7 Å². The third-order valence-corrected chi connectivity index (χ3v) is 6.74. The Morgan fingerprint density at radius 1 is 1.33 bits per heavy atom. The van der Waals surface area contributed by atoms with Crippen LogP contribution in [0.5, 0.6) is 5.75 Å². The van der Waals surface area contributed by atoms with Crippen molar-refractivity contribution in [3.05, 3.63) is 24.3 Å². The summed E-state index contributed by atoms with van der Waals surface area (Å²) in [7, 11) is -4.17. The third-order valence-electron chi connectivity index (χ3n) is 4.55. The van der Waals surface area contributed by atoms with Crippen LogP contribution in [0, 0.1) is 11.3 Å². The minimum absolute atomic E-state index is 0.0969. The Labute approximate surface area is 153 Å². The van der Waals surface area contributed by atoms with E-state index in [1.807, 2.05) is 6.07 Å². The number of hydrogen-bond donors (Lipinski definition) is 2. The average Bonchev–Trinajstić information content (AvgIpc) is 3.16. The van der Waals surface area contributed by atoms with Crippen LogP contribution >= 0.6 is 0 Å². The van der Waals surface area contributed by atoms with E-state index in [1.165, 1.54) is 12.1 Å². The van der Waals surface area contributed by atoms with Gasteiger partial charge in [-0.3, -0.25) is 4.79 Å². The molecule has 146 valence electrons. The SMILES string of the molecule is N#CC1(NC(=O)C2CC(S(=O)(=O)c3ccccc3OC(F)(F)F)CN2)CC1. The monoisotopic (exact) mass is 403 g/mol. The number of carbonyl (C=O) groups excluding carboxylic acids is 1. The smallest absolute Gasteiger partial charge is 0.404 e. The highest BCUT2D eigenvalue weighted by Crippen LogP contribution is 2.36. The van der Waals surface area contributed by atoms with Crippen LogP contribution in [0.1, 0.15) is 19.3 Å². The Bertz CT molecular complexity index is 891. The van der Waals surface area contributed by atoms with Gasteiger partial charge in [0.05, 0.1) is 17.4 Å². The van der Waals surface area contributed by atoms with Crippen molar-refractivity contribution < 1.29 is 31.1 Å². The zero-order valence-electron chi connectivity index (χ0n) is 13.9. The number of nitrogens with one attached hydrogen (secondary N) is 2. The number of halogens is 3.